The number of halogens is 1. The number of carbonyl (C=O) groups is 1. The van der Waals surface area contributed by atoms with Crippen LogP contribution in [0.4, 0.5) is 14.9 Å². The van der Waals surface area contributed by atoms with Gasteiger partial charge in [0.2, 0.25) is 0 Å². The number of hydrogen-bond donors (Lipinski definition) is 2. The lowest BCUT2D eigenvalue weighted by Crippen LogP contribution is -2.60. The van der Waals surface area contributed by atoms with E-state index in [1.165, 1.54) is 13.5 Å². The van der Waals surface area contributed by atoms with Crippen molar-refractivity contribution in [2.75, 3.05) is 64.4 Å². The van der Waals surface area contributed by atoms with Gasteiger partial charge in [0.05, 0.1) is 23.4 Å². The summed E-state index contributed by atoms with van der Waals surface area (Å²) in [4.78, 5) is 20.2. The van der Waals surface area contributed by atoms with Crippen LogP contribution in [-0.2, 0) is 20.0 Å². The van der Waals surface area contributed by atoms with Crippen molar-refractivity contribution in [2.24, 2.45) is 17.8 Å². The predicted molar refractivity (Wildman–Crippen MR) is 183 cm³/mol. The zero-order valence-electron chi connectivity index (χ0n) is 28.1. The van der Waals surface area contributed by atoms with Gasteiger partial charge in [0.1, 0.15) is 5.82 Å². The Morgan fingerprint density at radius 2 is 1.71 bits per heavy atom. The van der Waals surface area contributed by atoms with Crippen molar-refractivity contribution in [1.29, 1.82) is 0 Å². The average Bonchev–Trinajstić information content (AvgIpc) is 3.49. The molecule has 3 aliphatic heterocycles. The minimum Gasteiger partial charge on any atom is -0.453 e. The van der Waals surface area contributed by atoms with Crippen molar-refractivity contribution in [3.8, 4) is 0 Å². The number of ether oxygens (including phenoxy) is 1. The topological polar surface area (TPSA) is 102 Å². The van der Waals surface area contributed by atoms with Gasteiger partial charge in [-0.2, -0.15) is 0 Å². The van der Waals surface area contributed by atoms with Crippen molar-refractivity contribution in [2.45, 2.75) is 79.1 Å². The average molecular weight is 683 g/mol. The Kier molecular flexibility index (Phi) is 9.76. The molecule has 262 valence electrons. The first-order valence-corrected chi connectivity index (χ1v) is 19.5. The highest BCUT2D eigenvalue weighted by molar-refractivity contribution is 7.92. The summed E-state index contributed by atoms with van der Waals surface area (Å²) < 4.78 is 45.6. The molecule has 5 aliphatic rings. The number of nitrogens with one attached hydrogen (secondary N) is 1. The molecule has 0 bridgehead atoms. The molecular weight excluding hydrogens is 631 g/mol. The Bertz CT molecular complexity index is 1530. The molecule has 48 heavy (non-hydrogen) atoms. The van der Waals surface area contributed by atoms with Gasteiger partial charge in [-0.05, 0) is 125 Å². The van der Waals surface area contributed by atoms with Gasteiger partial charge >= 0.3 is 6.09 Å². The van der Waals surface area contributed by atoms with E-state index >= 15 is 0 Å². The van der Waals surface area contributed by atoms with Crippen LogP contribution in [0, 0.1) is 23.6 Å². The van der Waals surface area contributed by atoms with Crippen LogP contribution in [0.25, 0.3) is 0 Å². The number of likely N-dealkylation sites (tertiary alicyclic amines) is 2. The van der Waals surface area contributed by atoms with Gasteiger partial charge in [-0.25, -0.2) is 17.6 Å². The minimum atomic E-state index is -3.38. The molecule has 11 heteroatoms. The molecule has 1 unspecified atom stereocenters. The molecule has 3 atom stereocenters. The molecule has 2 aromatic rings. The molecule has 2 aromatic carbocycles. The van der Waals surface area contributed by atoms with E-state index in [0.29, 0.717) is 29.6 Å². The third-order valence-corrected chi connectivity index (χ3v) is 14.5. The summed E-state index contributed by atoms with van der Waals surface area (Å²) in [5.74, 6) is 0.936. The number of aliphatic hydroxyl groups is 1. The molecule has 9 nitrogen and oxygen atoms in total. The molecule has 2 aliphatic carbocycles. The van der Waals surface area contributed by atoms with Crippen LogP contribution in [0.15, 0.2) is 53.4 Å². The van der Waals surface area contributed by atoms with Crippen LogP contribution >= 0.6 is 0 Å². The van der Waals surface area contributed by atoms with Gasteiger partial charge in [-0.1, -0.05) is 18.6 Å². The minimum absolute atomic E-state index is 0.00117. The van der Waals surface area contributed by atoms with Crippen LogP contribution in [-0.4, -0.2) is 106 Å². The lowest BCUT2D eigenvalue weighted by atomic mass is 9.57. The number of piperidine rings is 1. The summed E-state index contributed by atoms with van der Waals surface area (Å²) in [6, 6.07) is 14.6. The number of carbonyl (C=O) groups excluding carboxylic acids is 1. The smallest absolute Gasteiger partial charge is 0.407 e. The molecule has 0 radical (unpaired) electrons. The van der Waals surface area contributed by atoms with E-state index in [-0.39, 0.29) is 29.3 Å². The largest absolute Gasteiger partial charge is 0.453 e. The van der Waals surface area contributed by atoms with Crippen molar-refractivity contribution in [3.05, 3.63) is 59.9 Å². The Balaban J connectivity index is 1.01. The predicted octanol–water partition coefficient (Wildman–Crippen LogP) is 4.44. The molecule has 1 amide bonds. The number of rotatable bonds is 11. The first kappa shape index (κ1) is 33.8. The Morgan fingerprint density at radius 1 is 0.979 bits per heavy atom. The van der Waals surface area contributed by atoms with Crippen molar-refractivity contribution in [3.63, 3.8) is 0 Å². The lowest BCUT2D eigenvalue weighted by Gasteiger charge is -2.54. The fourth-order valence-electron chi connectivity index (χ4n) is 9.46. The van der Waals surface area contributed by atoms with Gasteiger partial charge in [0.15, 0.2) is 9.84 Å². The number of alkyl carbamates (subject to hydrolysis) is 1. The van der Waals surface area contributed by atoms with Crippen molar-refractivity contribution in [1.82, 2.24) is 15.1 Å². The maximum Gasteiger partial charge on any atom is 0.407 e. The van der Waals surface area contributed by atoms with E-state index in [2.05, 4.69) is 26.1 Å². The normalized spacial score (nSPS) is 28.6. The van der Waals surface area contributed by atoms with Crippen LogP contribution in [0.1, 0.15) is 56.9 Å². The van der Waals surface area contributed by atoms with Crippen LogP contribution in [0.3, 0.4) is 0 Å². The van der Waals surface area contributed by atoms with Crippen molar-refractivity contribution < 1.29 is 27.4 Å². The fraction of sp³-hybridized carbons (Fsp3) is 0.649. The Hall–Kier alpha value is -2.73. The summed E-state index contributed by atoms with van der Waals surface area (Å²) in [5, 5.41) is 12.3. The zero-order valence-corrected chi connectivity index (χ0v) is 28.9. The third kappa shape index (κ3) is 6.60. The van der Waals surface area contributed by atoms with E-state index in [0.717, 1.165) is 95.7 Å². The molecular formula is C37H51FN4O5S. The third-order valence-electron chi connectivity index (χ3n) is 12.3. The number of amides is 1. The van der Waals surface area contributed by atoms with Crippen LogP contribution < -0.4 is 10.2 Å². The number of sulfone groups is 1. The lowest BCUT2D eigenvalue weighted by molar-refractivity contribution is 0.0223. The van der Waals surface area contributed by atoms with E-state index in [1.807, 2.05) is 18.2 Å². The molecule has 0 aromatic heterocycles. The molecule has 5 fully saturated rings. The Labute approximate surface area is 284 Å². The van der Waals surface area contributed by atoms with Gasteiger partial charge in [0, 0.05) is 49.2 Å². The summed E-state index contributed by atoms with van der Waals surface area (Å²) in [6.45, 7) is 7.97. The fourth-order valence-corrected chi connectivity index (χ4v) is 11.3. The SMILES string of the molecule is COC(=O)N[C@H]1CCC[C@@H]1C(CN1CCC1)(c1cccc(F)c1)C1CCN(CC2CN(c3ccc(S(=O)(=O)C4CC(O)C4)cc3)C2)CC1. The molecule has 2 N–H and O–H groups in total. The van der Waals surface area contributed by atoms with E-state index in [4.69, 9.17) is 4.74 Å². The van der Waals surface area contributed by atoms with Gasteiger partial charge in [-0.3, -0.25) is 0 Å². The second kappa shape index (κ2) is 13.9. The van der Waals surface area contributed by atoms with Gasteiger partial charge in [0.25, 0.3) is 0 Å². The standard InChI is InChI=1S/C37H51FN4O5S/c1-47-36(44)39-35-8-3-7-34(35)37(25-41-15-4-16-41,28-5-2-6-29(38)19-28)27-13-17-40(18-14-27)22-26-23-42(24-26)30-9-11-32(12-10-30)48(45,46)33-20-31(43)21-33/h2,5-6,9-12,19,26-27,31,33-35,43H,3-4,7-8,13-18,20-25H2,1H3,(H,39,44)/t31?,33?,34-,35-,37?/m0/s1. The van der Waals surface area contributed by atoms with E-state index < -0.39 is 21.2 Å². The maximum absolute atomic E-state index is 14.9. The molecule has 2 saturated carbocycles. The Morgan fingerprint density at radius 3 is 2.33 bits per heavy atom. The highest BCUT2D eigenvalue weighted by Gasteiger charge is 2.53. The van der Waals surface area contributed by atoms with Gasteiger partial charge in [-0.15, -0.1) is 0 Å². The summed E-state index contributed by atoms with van der Waals surface area (Å²) in [5.41, 5.74) is 1.87. The second-order valence-corrected chi connectivity index (χ2v) is 17.3. The second-order valence-electron chi connectivity index (χ2n) is 15.1. The van der Waals surface area contributed by atoms with E-state index in [1.54, 1.807) is 24.3 Å². The summed E-state index contributed by atoms with van der Waals surface area (Å²) >= 11 is 0. The summed E-state index contributed by atoms with van der Waals surface area (Å²) in [7, 11) is -1.96. The first-order valence-electron chi connectivity index (χ1n) is 18.0. The zero-order chi connectivity index (χ0) is 33.5. The van der Waals surface area contributed by atoms with E-state index in [9.17, 15) is 22.7 Å². The number of benzene rings is 2. The molecule has 3 saturated heterocycles. The van der Waals surface area contributed by atoms with Crippen LogP contribution in [0.2, 0.25) is 0 Å². The molecule has 0 spiro atoms. The van der Waals surface area contributed by atoms with Gasteiger partial charge < -0.3 is 29.9 Å². The summed E-state index contributed by atoms with van der Waals surface area (Å²) in [6.07, 6.45) is 6.00. The quantitative estimate of drug-likeness (QED) is 0.359. The van der Waals surface area contributed by atoms with Crippen LogP contribution in [0.5, 0.6) is 0 Å². The number of anilines is 1. The van der Waals surface area contributed by atoms with Crippen molar-refractivity contribution >= 4 is 21.6 Å². The monoisotopic (exact) mass is 682 g/mol. The number of nitrogens with zero attached hydrogens (tertiary/aromatic N) is 3. The first-order chi connectivity index (χ1) is 23.2. The highest BCUT2D eigenvalue weighted by Crippen LogP contribution is 2.51. The molecule has 7 rings (SSSR count). The highest BCUT2D eigenvalue weighted by atomic mass is 32.2. The number of methoxy groups -OCH3 is 1. The number of hydrogen-bond acceptors (Lipinski definition) is 8. The number of aliphatic hydroxyl groups excluding tert-OH is 1. The molecule has 3 heterocycles. The maximum atomic E-state index is 14.9.